The van der Waals surface area contributed by atoms with Crippen molar-refractivity contribution in [3.05, 3.63) is 28.2 Å². The second-order valence-corrected chi connectivity index (χ2v) is 4.27. The molecule has 3 nitrogen and oxygen atoms in total. The van der Waals surface area contributed by atoms with Crippen molar-refractivity contribution in [1.82, 2.24) is 0 Å². The lowest BCUT2D eigenvalue weighted by Crippen LogP contribution is -2.34. The fourth-order valence-electron chi connectivity index (χ4n) is 1.10. The molecule has 1 atom stereocenters. The molecule has 1 aromatic carbocycles. The molecule has 1 amide bonds. The Kier molecular flexibility index (Phi) is 4.08. The molecule has 15 heavy (non-hydrogen) atoms. The van der Waals surface area contributed by atoms with Crippen LogP contribution in [0.25, 0.3) is 0 Å². The first-order valence-electron chi connectivity index (χ1n) is 4.04. The summed E-state index contributed by atoms with van der Waals surface area (Å²) in [5, 5.41) is 9.58. The topological polar surface area (TPSA) is 40.5 Å². The minimum atomic E-state index is -1.14. The van der Waals surface area contributed by atoms with Crippen molar-refractivity contribution in [1.29, 1.82) is 0 Å². The van der Waals surface area contributed by atoms with E-state index in [1.54, 1.807) is 13.0 Å². The Morgan fingerprint density at radius 2 is 2.00 bits per heavy atom. The second kappa shape index (κ2) is 4.92. The molecular weight excluding hydrogens is 260 g/mol. The van der Waals surface area contributed by atoms with Crippen molar-refractivity contribution in [2.45, 2.75) is 12.4 Å². The smallest absolute Gasteiger partial charge is 0.413 e. The molecule has 1 N–H and O–H groups in total. The lowest BCUT2D eigenvalue weighted by molar-refractivity contribution is 0.201. The number of rotatable bonds is 2. The van der Waals surface area contributed by atoms with Gasteiger partial charge in [0, 0.05) is 0 Å². The molecule has 1 aromatic rings. The average molecular weight is 269 g/mol. The second-order valence-electron chi connectivity index (χ2n) is 2.82. The largest absolute Gasteiger partial charge is 0.465 e. The van der Waals surface area contributed by atoms with E-state index in [-0.39, 0.29) is 5.02 Å². The van der Waals surface area contributed by atoms with E-state index < -0.39 is 11.6 Å². The van der Waals surface area contributed by atoms with Gasteiger partial charge in [-0.2, -0.15) is 0 Å². The molecule has 0 bridgehead atoms. The Morgan fingerprint density at radius 1 is 1.40 bits per heavy atom. The molecule has 0 spiro atoms. The zero-order valence-electron chi connectivity index (χ0n) is 7.75. The molecule has 1 unspecified atom stereocenters. The molecule has 0 aliphatic heterocycles. The number of benzene rings is 1. The van der Waals surface area contributed by atoms with Crippen molar-refractivity contribution < 1.29 is 9.90 Å². The van der Waals surface area contributed by atoms with E-state index in [9.17, 15) is 4.79 Å². The van der Waals surface area contributed by atoms with E-state index in [1.165, 1.54) is 12.1 Å². The number of hydrogen-bond donors (Lipinski definition) is 1. The van der Waals surface area contributed by atoms with E-state index >= 15 is 0 Å². The van der Waals surface area contributed by atoms with Crippen molar-refractivity contribution in [3.8, 4) is 0 Å². The van der Waals surface area contributed by atoms with Gasteiger partial charge in [-0.1, -0.05) is 34.8 Å². The van der Waals surface area contributed by atoms with Gasteiger partial charge in [-0.25, -0.2) is 4.79 Å². The normalized spacial score (nSPS) is 12.3. The summed E-state index contributed by atoms with van der Waals surface area (Å²) < 4.78 is 0. The summed E-state index contributed by atoms with van der Waals surface area (Å²) in [5.41, 5.74) is -0.292. The minimum absolute atomic E-state index is 0.290. The maximum Gasteiger partial charge on any atom is 0.413 e. The summed E-state index contributed by atoms with van der Waals surface area (Å²) >= 11 is 17.2. The molecule has 0 fully saturated rings. The van der Waals surface area contributed by atoms with Gasteiger partial charge < -0.3 is 5.11 Å². The fraction of sp³-hybridized carbons (Fsp3) is 0.222. The third kappa shape index (κ3) is 2.91. The lowest BCUT2D eigenvalue weighted by Gasteiger charge is -2.21. The predicted octanol–water partition coefficient (Wildman–Crippen LogP) is 4.06. The highest BCUT2D eigenvalue weighted by molar-refractivity contribution is 6.42. The van der Waals surface area contributed by atoms with Gasteiger partial charge in [0.25, 0.3) is 0 Å². The zero-order valence-corrected chi connectivity index (χ0v) is 10.0. The molecule has 0 heterocycles. The Morgan fingerprint density at radius 3 is 2.40 bits per heavy atom. The van der Waals surface area contributed by atoms with Gasteiger partial charge in [-0.15, -0.1) is 0 Å². The molecule has 82 valence electrons. The van der Waals surface area contributed by atoms with Crippen LogP contribution in [0, 0.1) is 0 Å². The number of nitrogens with zero attached hydrogens (tertiary/aromatic N) is 1. The maximum absolute atomic E-state index is 10.9. The number of anilines is 1. The first-order valence-corrected chi connectivity index (χ1v) is 5.24. The highest BCUT2D eigenvalue weighted by Crippen LogP contribution is 2.28. The van der Waals surface area contributed by atoms with E-state index in [4.69, 9.17) is 39.9 Å². The van der Waals surface area contributed by atoms with Gasteiger partial charge in [-0.3, -0.25) is 4.90 Å². The van der Waals surface area contributed by atoms with Crippen LogP contribution < -0.4 is 4.90 Å². The molecule has 6 heteroatoms. The van der Waals surface area contributed by atoms with Crippen LogP contribution in [0.5, 0.6) is 0 Å². The van der Waals surface area contributed by atoms with Gasteiger partial charge in [0.05, 0.1) is 15.7 Å². The number of carboxylic acid groups (broad SMARTS) is 1. The third-order valence-electron chi connectivity index (χ3n) is 1.74. The van der Waals surface area contributed by atoms with Crippen LogP contribution in [-0.4, -0.2) is 16.7 Å². The summed E-state index contributed by atoms with van der Waals surface area (Å²) in [6, 6.07) is 4.52. The molecular formula is C9H8Cl3NO2. The number of halogens is 3. The highest BCUT2D eigenvalue weighted by Gasteiger charge is 2.19. The van der Waals surface area contributed by atoms with Crippen LogP contribution >= 0.6 is 34.8 Å². The summed E-state index contributed by atoms with van der Waals surface area (Å²) in [6.07, 6.45) is -1.14. The third-order valence-corrected chi connectivity index (χ3v) is 2.68. The van der Waals surface area contributed by atoms with E-state index in [1.807, 2.05) is 0 Å². The maximum atomic E-state index is 10.9. The Balaban J connectivity index is 3.12. The van der Waals surface area contributed by atoms with E-state index in [0.29, 0.717) is 10.7 Å². The van der Waals surface area contributed by atoms with Gasteiger partial charge in [0.2, 0.25) is 0 Å². The monoisotopic (exact) mass is 267 g/mol. The van der Waals surface area contributed by atoms with Crippen LogP contribution in [0.2, 0.25) is 10.0 Å². The Hall–Kier alpha value is -0.640. The fourth-order valence-corrected chi connectivity index (χ4v) is 1.59. The summed E-state index contributed by atoms with van der Waals surface area (Å²) in [6.45, 7) is 1.55. The number of carbonyl (C=O) groups is 1. The number of hydrogen-bond acceptors (Lipinski definition) is 1. The molecule has 0 aliphatic rings. The van der Waals surface area contributed by atoms with E-state index in [0.717, 1.165) is 4.90 Å². The van der Waals surface area contributed by atoms with Crippen LogP contribution in [0.1, 0.15) is 6.92 Å². The number of alkyl halides is 1. The molecule has 0 saturated carbocycles. The molecule has 1 rings (SSSR count). The quantitative estimate of drug-likeness (QED) is 0.649. The van der Waals surface area contributed by atoms with Gasteiger partial charge in [0.1, 0.15) is 5.50 Å². The van der Waals surface area contributed by atoms with Crippen LogP contribution in [-0.2, 0) is 0 Å². The average Bonchev–Trinajstić information content (AvgIpc) is 2.10. The SMILES string of the molecule is CC(Cl)N(C(=O)O)c1ccc(Cl)c(Cl)c1. The van der Waals surface area contributed by atoms with Gasteiger partial charge in [0.15, 0.2) is 0 Å². The number of amides is 1. The molecule has 0 aliphatic carbocycles. The van der Waals surface area contributed by atoms with Gasteiger partial charge in [-0.05, 0) is 25.1 Å². The molecule has 0 aromatic heterocycles. The van der Waals surface area contributed by atoms with Crippen LogP contribution in [0.15, 0.2) is 18.2 Å². The van der Waals surface area contributed by atoms with Gasteiger partial charge >= 0.3 is 6.09 Å². The van der Waals surface area contributed by atoms with Crippen LogP contribution in [0.4, 0.5) is 10.5 Å². The summed E-state index contributed by atoms with van der Waals surface area (Å²) in [5.74, 6) is 0. The minimum Gasteiger partial charge on any atom is -0.465 e. The summed E-state index contributed by atoms with van der Waals surface area (Å²) in [7, 11) is 0. The standard InChI is InChI=1S/C9H8Cl3NO2/c1-5(10)13(9(14)15)6-2-3-7(11)8(12)4-6/h2-5H,1H3,(H,14,15). The Bertz CT molecular complexity index is 382. The highest BCUT2D eigenvalue weighted by atomic mass is 35.5. The van der Waals surface area contributed by atoms with Crippen molar-refractivity contribution in [2.75, 3.05) is 4.90 Å². The zero-order chi connectivity index (χ0) is 11.6. The lowest BCUT2D eigenvalue weighted by atomic mass is 10.3. The van der Waals surface area contributed by atoms with Crippen molar-refractivity contribution in [2.24, 2.45) is 0 Å². The predicted molar refractivity (Wildman–Crippen MR) is 62.3 cm³/mol. The first-order chi connectivity index (χ1) is 6.93. The first kappa shape index (κ1) is 12.4. The molecule has 0 radical (unpaired) electrons. The van der Waals surface area contributed by atoms with Crippen LogP contribution in [0.3, 0.4) is 0 Å². The Labute approximate surface area is 102 Å². The van der Waals surface area contributed by atoms with Crippen molar-refractivity contribution in [3.63, 3.8) is 0 Å². The van der Waals surface area contributed by atoms with Crippen molar-refractivity contribution >= 4 is 46.6 Å². The summed E-state index contributed by atoms with van der Waals surface area (Å²) in [4.78, 5) is 11.9. The molecule has 0 saturated heterocycles. The van der Waals surface area contributed by atoms with E-state index in [2.05, 4.69) is 0 Å².